The van der Waals surface area contributed by atoms with Crippen molar-refractivity contribution in [2.45, 2.75) is 254 Å². The molecule has 0 spiro atoms. The van der Waals surface area contributed by atoms with E-state index in [1.807, 2.05) is 0 Å². The second-order valence-electron chi connectivity index (χ2n) is 35.1. The van der Waals surface area contributed by atoms with Crippen molar-refractivity contribution in [2.24, 2.45) is 35.5 Å². The van der Waals surface area contributed by atoms with Crippen LogP contribution in [0.4, 0.5) is 0 Å². The molecule has 4 atom stereocenters. The van der Waals surface area contributed by atoms with Crippen LogP contribution in [0, 0.1) is 35.5 Å². The Kier molecular flexibility index (Phi) is 54.5. The van der Waals surface area contributed by atoms with Crippen LogP contribution in [0.15, 0.2) is 212 Å². The summed E-state index contributed by atoms with van der Waals surface area (Å²) in [4.78, 5) is 243. The SMILES string of the molecule is CC(OO)C1=CC(=O)C=CC1=O.CC1=CC(=O)C(C)=CC1=O.CC1=CC(=O)C=CC1=O.CCCCCC1CCC(CC(OO)C2=CC(=O)C=CC2=O)CC1.CCCCCC1CCC(COC(=O)C2=CC(=O)C(C(CC3CCC(CCCCC)CC3)OO)=CC2=O)CC1.COC(=O)C1=CC(=O)C(C(C)OO)=CC1=O.COC1=CC(=O)C(C)=CC1=O.COC1=CC(=O)C(OC)=CC1=O.COC1=CC(=O)C=CC1=O. The summed E-state index contributed by atoms with van der Waals surface area (Å²) in [6.07, 6.45) is 53.1. The molecule has 0 bridgehead atoms. The quantitative estimate of drug-likeness (QED) is 0.0121. The number of allylic oxidation sites excluding steroid dienone is 26. The Morgan fingerprint density at radius 2 is 0.574 bits per heavy atom. The van der Waals surface area contributed by atoms with Crippen molar-refractivity contribution in [2.75, 3.05) is 42.2 Å². The Morgan fingerprint density at radius 3 is 0.943 bits per heavy atom. The van der Waals surface area contributed by atoms with Crippen molar-refractivity contribution in [1.29, 1.82) is 0 Å². The van der Waals surface area contributed by atoms with Gasteiger partial charge >= 0.3 is 11.9 Å². The van der Waals surface area contributed by atoms with Gasteiger partial charge in [0, 0.05) is 81.0 Å². The number of rotatable bonds is 32. The van der Waals surface area contributed by atoms with Gasteiger partial charge in [-0.25, -0.2) is 29.1 Å². The molecule has 764 valence electrons. The minimum absolute atomic E-state index is 0.0137. The lowest BCUT2D eigenvalue weighted by Crippen LogP contribution is -2.30. The van der Waals surface area contributed by atoms with Crippen LogP contribution in [0.1, 0.15) is 229 Å². The van der Waals surface area contributed by atoms with Crippen molar-refractivity contribution in [3.63, 3.8) is 0 Å². The zero-order valence-electron chi connectivity index (χ0n) is 82.6. The van der Waals surface area contributed by atoms with E-state index in [-0.39, 0.29) is 137 Å². The Labute approximate surface area is 820 Å². The maximum atomic E-state index is 12.8. The number of ether oxygens (including phenoxy) is 6. The number of ketones is 18. The van der Waals surface area contributed by atoms with E-state index in [1.54, 1.807) is 27.7 Å². The van der Waals surface area contributed by atoms with E-state index in [9.17, 15) is 106 Å². The topological polar surface area (TPSA) is 515 Å². The summed E-state index contributed by atoms with van der Waals surface area (Å²) in [6, 6.07) is 0. The first-order chi connectivity index (χ1) is 67.1. The molecule has 34 nitrogen and oxygen atoms in total. The molecule has 3 fully saturated rings. The molecule has 4 N–H and O–H groups in total. The van der Waals surface area contributed by atoms with Gasteiger partial charge in [0.2, 0.25) is 23.1 Å². The lowest BCUT2D eigenvalue weighted by Gasteiger charge is -2.30. The first-order valence-electron chi connectivity index (χ1n) is 47.1. The molecule has 0 aromatic rings. The molecule has 12 rings (SSSR count). The number of unbranched alkanes of at least 4 members (excludes halogenated alkanes) is 6. The Bertz CT molecular complexity index is 5160. The van der Waals surface area contributed by atoms with Crippen LogP contribution in [0.5, 0.6) is 0 Å². The highest BCUT2D eigenvalue weighted by Gasteiger charge is 2.37. The monoisotopic (exact) mass is 1960 g/mol. The van der Waals surface area contributed by atoms with Crippen LogP contribution < -0.4 is 0 Å². The van der Waals surface area contributed by atoms with E-state index in [1.165, 1.54) is 230 Å². The van der Waals surface area contributed by atoms with Crippen molar-refractivity contribution in [1.82, 2.24) is 0 Å². The Balaban J connectivity index is 0.000000349. The molecule has 12 aliphatic carbocycles. The van der Waals surface area contributed by atoms with Crippen molar-refractivity contribution >= 4 is 116 Å². The maximum Gasteiger partial charge on any atom is 0.342 e. The summed E-state index contributed by atoms with van der Waals surface area (Å²) in [5.74, 6) is -2.98. The third-order valence-electron chi connectivity index (χ3n) is 24.7. The van der Waals surface area contributed by atoms with E-state index in [0.717, 1.165) is 125 Å². The van der Waals surface area contributed by atoms with Gasteiger partial charge in [0.1, 0.15) is 35.6 Å². The van der Waals surface area contributed by atoms with Gasteiger partial charge in [-0.1, -0.05) is 162 Å². The summed E-state index contributed by atoms with van der Waals surface area (Å²) < 4.78 is 28.4. The zero-order chi connectivity index (χ0) is 105. The molecule has 0 aliphatic heterocycles. The molecule has 12 aliphatic rings. The molecule has 0 aromatic heterocycles. The lowest BCUT2D eigenvalue weighted by molar-refractivity contribution is -0.271. The smallest absolute Gasteiger partial charge is 0.342 e. The third kappa shape index (κ3) is 41.5. The summed E-state index contributed by atoms with van der Waals surface area (Å²) in [6.45, 7) is 16.4. The van der Waals surface area contributed by atoms with E-state index in [2.05, 4.69) is 59.1 Å². The van der Waals surface area contributed by atoms with Gasteiger partial charge in [-0.15, -0.1) is 0 Å². The van der Waals surface area contributed by atoms with Gasteiger partial charge in [-0.2, -0.15) is 0 Å². The fourth-order valence-corrected chi connectivity index (χ4v) is 16.1. The second kappa shape index (κ2) is 63.8. The zero-order valence-corrected chi connectivity index (χ0v) is 82.6. The molecule has 3 saturated carbocycles. The predicted molar refractivity (Wildman–Crippen MR) is 513 cm³/mol. The van der Waals surface area contributed by atoms with Gasteiger partial charge in [-0.3, -0.25) is 107 Å². The number of methoxy groups -OCH3 is 5. The molecular formula is C107H132O34. The number of carbonyl (C=O) groups excluding carboxylic acids is 20. The number of carbonyl (C=O) groups is 20. The molecule has 141 heavy (non-hydrogen) atoms. The van der Waals surface area contributed by atoms with Gasteiger partial charge in [0.15, 0.2) is 104 Å². The summed E-state index contributed by atoms with van der Waals surface area (Å²) in [5, 5.41) is 35.4. The predicted octanol–water partition coefficient (Wildman–Crippen LogP) is 15.1. The molecule has 0 saturated heterocycles. The molecule has 34 heteroatoms. The van der Waals surface area contributed by atoms with Gasteiger partial charge in [0.25, 0.3) is 0 Å². The van der Waals surface area contributed by atoms with E-state index in [4.69, 9.17) is 20.1 Å². The summed E-state index contributed by atoms with van der Waals surface area (Å²) in [7, 11) is 6.51. The molecular weight excluding hydrogens is 1830 g/mol. The maximum absolute atomic E-state index is 12.8. The van der Waals surface area contributed by atoms with Crippen LogP contribution >= 0.6 is 0 Å². The number of esters is 2. The molecule has 4 unspecified atom stereocenters. The normalized spacial score (nSPS) is 21.7. The molecule has 0 aromatic carbocycles. The average Bonchev–Trinajstić information content (AvgIpc) is 0.809. The highest BCUT2D eigenvalue weighted by molar-refractivity contribution is 6.32. The van der Waals surface area contributed by atoms with Crippen LogP contribution in [0.3, 0.4) is 0 Å². The van der Waals surface area contributed by atoms with Crippen LogP contribution in [0.2, 0.25) is 0 Å². The lowest BCUT2D eigenvalue weighted by atomic mass is 9.76. The van der Waals surface area contributed by atoms with Gasteiger partial charge in [0.05, 0.1) is 42.2 Å². The van der Waals surface area contributed by atoms with E-state index < -0.39 is 59.5 Å². The standard InChI is InChI=1S/C32H50O6.C19H28O4.C10H10O6.2C8H8O4.C8H8O3.C8H8O2.C7H6O3.C7H6O2/c1-3-5-7-9-23-11-15-25(16-12-23)19-31(38-36)27-20-30(34)28(21-29(27)33)32(35)37-22-26-17-13-24(14-18-26)10-8-6-4-2;1-2-3-4-5-14-6-8-15(9-7-14)12-19(23-22)17-13-16(20)10-11-18(17)21;1-5(16-14)6-3-9(12)7(4-8(6)11)10(13)15-2;1-11-7-3-6(10)8(12-2)4-5(7)9;1-5(12-11)7-4-6(9)2-3-8(7)10;1-5-3-7(10)8(11-2)4-6(5)9;1-5-3-8(10)6(2)4-7(5)9;1-10-7-4-5(8)2-3-6(7)9;1-5-4-6(8)2-3-7(5)9/h20-21,23-26,31,36H,3-19,22H2,1-2H3;10-11,13-15,19,22H,2-9,12H2,1H3;3-5,14H,1-2H3;3-4H,1-2H3;2-5,11H,1H3;3-4H,1-2H3;3-4H,1-2H3;2-4H,1H3;2-4H,1H3. The van der Waals surface area contributed by atoms with Crippen LogP contribution in [-0.4, -0.2) is 204 Å². The molecule has 0 radical (unpaired) electrons. The number of hydrogen-bond acceptors (Lipinski definition) is 34. The summed E-state index contributed by atoms with van der Waals surface area (Å²) >= 11 is 0. The fourth-order valence-electron chi connectivity index (χ4n) is 16.1. The van der Waals surface area contributed by atoms with Crippen LogP contribution in [-0.2, 0) is 144 Å². The molecule has 0 heterocycles. The summed E-state index contributed by atoms with van der Waals surface area (Å²) in [5.41, 5.74) is 2.03. The van der Waals surface area contributed by atoms with Gasteiger partial charge < -0.3 is 28.4 Å². The van der Waals surface area contributed by atoms with Crippen molar-refractivity contribution in [3.05, 3.63) is 212 Å². The Morgan fingerprint density at radius 1 is 0.284 bits per heavy atom. The first-order valence-corrected chi connectivity index (χ1v) is 47.1. The van der Waals surface area contributed by atoms with E-state index in [0.29, 0.717) is 59.5 Å². The third-order valence-corrected chi connectivity index (χ3v) is 24.7. The van der Waals surface area contributed by atoms with E-state index >= 15 is 0 Å². The van der Waals surface area contributed by atoms with Crippen molar-refractivity contribution in [3.8, 4) is 0 Å². The highest BCUT2D eigenvalue weighted by atomic mass is 17.1. The molecule has 0 amide bonds. The number of hydrogen-bond donors (Lipinski definition) is 4. The van der Waals surface area contributed by atoms with Crippen molar-refractivity contribution < 1.29 is 165 Å². The fraction of sp³-hybridized carbons (Fsp3) is 0.477. The second-order valence-corrected chi connectivity index (χ2v) is 35.1. The Hall–Kier alpha value is -12.8. The minimum atomic E-state index is -0.924. The average molecular weight is 1960 g/mol. The highest BCUT2D eigenvalue weighted by Crippen LogP contribution is 2.39. The van der Waals surface area contributed by atoms with Gasteiger partial charge in [-0.05, 0) is 200 Å². The van der Waals surface area contributed by atoms with Crippen LogP contribution in [0.25, 0.3) is 0 Å². The largest absolute Gasteiger partial charge is 0.493 e. The first kappa shape index (κ1) is 121. The minimum Gasteiger partial charge on any atom is -0.493 e.